The summed E-state index contributed by atoms with van der Waals surface area (Å²) in [6, 6.07) is 23.0. The third-order valence-electron chi connectivity index (χ3n) is 6.07. The minimum absolute atomic E-state index is 0.0442. The standard InChI is InChI=1S/C29H34N4O3/c1-29(2,3)36-28(35)31-20-22-18-25(21-30-19-22)27(34)33-16-14-32(15-17-33)26(23-10-6-4-7-11-23)24-12-8-5-9-13-24/h4-13,18-19,21,26H,14-17,20H2,1-3H3,(H,31,35). The van der Waals surface area contributed by atoms with Gasteiger partial charge in [0.05, 0.1) is 11.6 Å². The normalized spacial score (nSPS) is 14.5. The van der Waals surface area contributed by atoms with E-state index in [-0.39, 0.29) is 18.5 Å². The zero-order valence-corrected chi connectivity index (χ0v) is 21.2. The summed E-state index contributed by atoms with van der Waals surface area (Å²) in [6.45, 7) is 8.50. The van der Waals surface area contributed by atoms with Gasteiger partial charge in [-0.05, 0) is 43.5 Å². The number of carbonyl (C=O) groups is 2. The minimum atomic E-state index is -0.567. The Labute approximate surface area is 213 Å². The maximum Gasteiger partial charge on any atom is 0.407 e. The summed E-state index contributed by atoms with van der Waals surface area (Å²) in [5.74, 6) is -0.0442. The number of alkyl carbamates (subject to hydrolysis) is 1. The van der Waals surface area contributed by atoms with Crippen molar-refractivity contribution in [3.8, 4) is 0 Å². The summed E-state index contributed by atoms with van der Waals surface area (Å²) in [6.07, 6.45) is 2.74. The van der Waals surface area contributed by atoms with Crippen LogP contribution < -0.4 is 5.32 Å². The van der Waals surface area contributed by atoms with Crippen molar-refractivity contribution in [1.29, 1.82) is 0 Å². The number of pyridine rings is 1. The molecule has 188 valence electrons. The minimum Gasteiger partial charge on any atom is -0.444 e. The number of rotatable bonds is 6. The van der Waals surface area contributed by atoms with Gasteiger partial charge >= 0.3 is 6.09 Å². The van der Waals surface area contributed by atoms with Gasteiger partial charge in [-0.1, -0.05) is 60.7 Å². The molecular formula is C29H34N4O3. The number of nitrogens with one attached hydrogen (secondary N) is 1. The van der Waals surface area contributed by atoms with Crippen LogP contribution in [0, 0.1) is 0 Å². The molecule has 1 fully saturated rings. The molecule has 1 N–H and O–H groups in total. The lowest BCUT2D eigenvalue weighted by Crippen LogP contribution is -2.49. The molecule has 7 heteroatoms. The predicted octanol–water partition coefficient (Wildman–Crippen LogP) is 4.65. The molecule has 36 heavy (non-hydrogen) atoms. The van der Waals surface area contributed by atoms with Gasteiger partial charge in [0.15, 0.2) is 0 Å². The molecule has 0 aliphatic carbocycles. The Morgan fingerprint density at radius 2 is 1.50 bits per heavy atom. The summed E-state index contributed by atoms with van der Waals surface area (Å²) in [5.41, 5.74) is 3.20. The van der Waals surface area contributed by atoms with Gasteiger partial charge in [0.1, 0.15) is 5.60 Å². The van der Waals surface area contributed by atoms with Crippen LogP contribution in [0.15, 0.2) is 79.1 Å². The number of piperazine rings is 1. The average Bonchev–Trinajstić information content (AvgIpc) is 2.88. The maximum absolute atomic E-state index is 13.2. The number of carbonyl (C=O) groups excluding carboxylic acids is 2. The lowest BCUT2D eigenvalue weighted by atomic mass is 9.96. The van der Waals surface area contributed by atoms with Crippen molar-refractivity contribution in [3.63, 3.8) is 0 Å². The van der Waals surface area contributed by atoms with Crippen LogP contribution in [0.4, 0.5) is 4.79 Å². The monoisotopic (exact) mass is 486 g/mol. The van der Waals surface area contributed by atoms with Crippen LogP contribution in [-0.4, -0.2) is 58.6 Å². The molecule has 2 aromatic carbocycles. The second-order valence-corrected chi connectivity index (χ2v) is 9.99. The number of benzene rings is 2. The summed E-state index contributed by atoms with van der Waals surface area (Å²) in [5, 5.41) is 2.72. The molecule has 2 amide bonds. The number of aromatic nitrogens is 1. The average molecular weight is 487 g/mol. The van der Waals surface area contributed by atoms with Gasteiger partial charge in [-0.2, -0.15) is 0 Å². The number of hydrogen-bond donors (Lipinski definition) is 1. The Hall–Kier alpha value is -3.71. The molecule has 0 bridgehead atoms. The molecular weight excluding hydrogens is 452 g/mol. The highest BCUT2D eigenvalue weighted by Crippen LogP contribution is 2.29. The van der Waals surface area contributed by atoms with E-state index < -0.39 is 11.7 Å². The van der Waals surface area contributed by atoms with Crippen LogP contribution in [0.5, 0.6) is 0 Å². The zero-order valence-electron chi connectivity index (χ0n) is 21.2. The van der Waals surface area contributed by atoms with Crippen LogP contribution in [0.1, 0.15) is 53.9 Å². The van der Waals surface area contributed by atoms with Crippen LogP contribution >= 0.6 is 0 Å². The van der Waals surface area contributed by atoms with Crippen molar-refractivity contribution in [2.45, 2.75) is 39.0 Å². The summed E-state index contributed by atoms with van der Waals surface area (Å²) in [7, 11) is 0. The SMILES string of the molecule is CC(C)(C)OC(=O)NCc1cncc(C(=O)N2CCN(C(c3ccccc3)c3ccccc3)CC2)c1. The fraction of sp³-hybridized carbons (Fsp3) is 0.345. The first-order chi connectivity index (χ1) is 17.3. The van der Waals surface area contributed by atoms with Crippen LogP contribution in [0.2, 0.25) is 0 Å². The van der Waals surface area contributed by atoms with Crippen molar-refractivity contribution >= 4 is 12.0 Å². The number of hydrogen-bond acceptors (Lipinski definition) is 5. The Balaban J connectivity index is 1.39. The Morgan fingerprint density at radius 3 is 2.06 bits per heavy atom. The quantitative estimate of drug-likeness (QED) is 0.549. The van der Waals surface area contributed by atoms with E-state index in [1.807, 2.05) is 37.8 Å². The zero-order chi connectivity index (χ0) is 25.5. The van der Waals surface area contributed by atoms with Crippen LogP contribution in [0.3, 0.4) is 0 Å². The van der Waals surface area contributed by atoms with Crippen molar-refractivity contribution in [3.05, 3.63) is 101 Å². The van der Waals surface area contributed by atoms with Crippen molar-refractivity contribution in [2.75, 3.05) is 26.2 Å². The summed E-state index contributed by atoms with van der Waals surface area (Å²) in [4.78, 5) is 33.7. The first-order valence-electron chi connectivity index (χ1n) is 12.3. The molecule has 3 aromatic rings. The predicted molar refractivity (Wildman–Crippen MR) is 140 cm³/mol. The van der Waals surface area contributed by atoms with Gasteiger partial charge in [-0.25, -0.2) is 4.79 Å². The highest BCUT2D eigenvalue weighted by atomic mass is 16.6. The second kappa shape index (κ2) is 11.4. The Bertz CT molecular complexity index is 1110. The third-order valence-corrected chi connectivity index (χ3v) is 6.07. The molecule has 0 radical (unpaired) electrons. The van der Waals surface area contributed by atoms with Gasteiger partial charge < -0.3 is 15.0 Å². The second-order valence-electron chi connectivity index (χ2n) is 9.99. The van der Waals surface area contributed by atoms with E-state index in [2.05, 4.69) is 63.7 Å². The van der Waals surface area contributed by atoms with E-state index >= 15 is 0 Å². The smallest absolute Gasteiger partial charge is 0.407 e. The molecule has 1 saturated heterocycles. The van der Waals surface area contributed by atoms with Gasteiger partial charge in [0, 0.05) is 45.1 Å². The highest BCUT2D eigenvalue weighted by molar-refractivity contribution is 5.94. The van der Waals surface area contributed by atoms with E-state index in [4.69, 9.17) is 4.74 Å². The molecule has 1 aromatic heterocycles. The van der Waals surface area contributed by atoms with Crippen LogP contribution in [-0.2, 0) is 11.3 Å². The van der Waals surface area contributed by atoms with Gasteiger partial charge in [0.25, 0.3) is 5.91 Å². The van der Waals surface area contributed by atoms with Gasteiger partial charge in [-0.3, -0.25) is 14.7 Å². The van der Waals surface area contributed by atoms with Gasteiger partial charge in [-0.15, -0.1) is 0 Å². The third kappa shape index (κ3) is 6.70. The first-order valence-corrected chi connectivity index (χ1v) is 12.3. The molecule has 1 aliphatic heterocycles. The Morgan fingerprint density at radius 1 is 0.917 bits per heavy atom. The molecule has 0 atom stereocenters. The maximum atomic E-state index is 13.2. The fourth-order valence-electron chi connectivity index (χ4n) is 4.44. The molecule has 7 nitrogen and oxygen atoms in total. The van der Waals surface area contributed by atoms with Gasteiger partial charge in [0.2, 0.25) is 0 Å². The highest BCUT2D eigenvalue weighted by Gasteiger charge is 2.28. The first kappa shape index (κ1) is 25.4. The van der Waals surface area contributed by atoms with E-state index in [1.165, 1.54) is 11.1 Å². The molecule has 0 unspecified atom stereocenters. The molecule has 0 saturated carbocycles. The molecule has 4 rings (SSSR count). The summed E-state index contributed by atoms with van der Waals surface area (Å²) >= 11 is 0. The van der Waals surface area contributed by atoms with Crippen molar-refractivity contribution in [2.24, 2.45) is 0 Å². The van der Waals surface area contributed by atoms with E-state index in [9.17, 15) is 9.59 Å². The molecule has 2 heterocycles. The van der Waals surface area contributed by atoms with Crippen LogP contribution in [0.25, 0.3) is 0 Å². The molecule has 0 spiro atoms. The lowest BCUT2D eigenvalue weighted by Gasteiger charge is -2.39. The summed E-state index contributed by atoms with van der Waals surface area (Å²) < 4.78 is 5.28. The van der Waals surface area contributed by atoms with E-state index in [1.54, 1.807) is 18.5 Å². The Kier molecular flexibility index (Phi) is 8.00. The fourth-order valence-corrected chi connectivity index (χ4v) is 4.44. The largest absolute Gasteiger partial charge is 0.444 e. The lowest BCUT2D eigenvalue weighted by molar-refractivity contribution is 0.0523. The van der Waals surface area contributed by atoms with E-state index in [0.717, 1.165) is 18.7 Å². The van der Waals surface area contributed by atoms with Crippen molar-refractivity contribution < 1.29 is 14.3 Å². The number of amides is 2. The number of ether oxygens (including phenoxy) is 1. The molecule has 1 aliphatic rings. The number of nitrogens with zero attached hydrogens (tertiary/aromatic N) is 3. The van der Waals surface area contributed by atoms with E-state index in [0.29, 0.717) is 18.7 Å². The topological polar surface area (TPSA) is 74.8 Å². The van der Waals surface area contributed by atoms with Crippen molar-refractivity contribution in [1.82, 2.24) is 20.1 Å².